The highest BCUT2D eigenvalue weighted by Crippen LogP contribution is 2.27. The van der Waals surface area contributed by atoms with Gasteiger partial charge in [-0.2, -0.15) is 0 Å². The molecule has 0 aliphatic carbocycles. The van der Waals surface area contributed by atoms with E-state index in [-0.39, 0.29) is 10.8 Å². The molecule has 0 atom stereocenters. The predicted molar refractivity (Wildman–Crippen MR) is 61.5 cm³/mol. The topological polar surface area (TPSA) is 0 Å². The first-order valence-corrected chi connectivity index (χ1v) is 5.15. The third kappa shape index (κ3) is 2.60. The molecular weight excluding hydrogens is 168 g/mol. The molecule has 0 nitrogen and oxygen atoms in total. The molecule has 1 aromatic rings. The van der Waals surface area contributed by atoms with Crippen molar-refractivity contribution in [2.24, 2.45) is 0 Å². The number of hydrogen-bond donors (Lipinski definition) is 0. The zero-order valence-electron chi connectivity index (χ0n) is 10.2. The minimum atomic E-state index is 0.164. The van der Waals surface area contributed by atoms with Crippen LogP contribution >= 0.6 is 0 Å². The van der Waals surface area contributed by atoms with Crippen LogP contribution in [0.2, 0.25) is 0 Å². The van der Waals surface area contributed by atoms with Gasteiger partial charge in [-0.05, 0) is 46.2 Å². The Kier molecular flexibility index (Phi) is 2.76. The third-order valence-corrected chi connectivity index (χ3v) is 2.34. The zero-order valence-corrected chi connectivity index (χ0v) is 10.2. The second-order valence-corrected chi connectivity index (χ2v) is 5.91. The maximum Gasteiger partial charge on any atom is -0.0103 e. The molecule has 0 saturated carbocycles. The van der Waals surface area contributed by atoms with Crippen molar-refractivity contribution >= 4 is 0 Å². The van der Waals surface area contributed by atoms with Gasteiger partial charge >= 0.3 is 0 Å². The van der Waals surface area contributed by atoms with Gasteiger partial charge in [0, 0.05) is 0 Å². The minimum absolute atomic E-state index is 0.164. The van der Waals surface area contributed by atoms with Gasteiger partial charge in [0.05, 0.1) is 0 Å². The van der Waals surface area contributed by atoms with Gasteiger partial charge in [0.1, 0.15) is 0 Å². The van der Waals surface area contributed by atoms with Crippen molar-refractivity contribution in [1.82, 2.24) is 0 Å². The van der Waals surface area contributed by atoms with Crippen molar-refractivity contribution in [2.45, 2.75) is 52.4 Å². The van der Waals surface area contributed by atoms with Crippen molar-refractivity contribution in [3.8, 4) is 0 Å². The first kappa shape index (κ1) is 11.3. The fourth-order valence-corrected chi connectivity index (χ4v) is 1.23. The Morgan fingerprint density at radius 3 is 1.43 bits per heavy atom. The van der Waals surface area contributed by atoms with E-state index in [1.165, 1.54) is 11.1 Å². The van der Waals surface area contributed by atoms with Crippen LogP contribution in [0.4, 0.5) is 0 Å². The smallest absolute Gasteiger partial charge is 0.0103 e. The van der Waals surface area contributed by atoms with Gasteiger partial charge < -0.3 is 0 Å². The second-order valence-electron chi connectivity index (χ2n) is 5.91. The lowest BCUT2D eigenvalue weighted by Gasteiger charge is -2.23. The molecule has 0 saturated heterocycles. The molecule has 0 amide bonds. The van der Waals surface area contributed by atoms with Crippen LogP contribution in [0.15, 0.2) is 12.1 Å². The van der Waals surface area contributed by atoms with E-state index in [1.807, 2.05) is 12.1 Å². The molecule has 0 spiro atoms. The van der Waals surface area contributed by atoms with E-state index >= 15 is 0 Å². The van der Waals surface area contributed by atoms with E-state index in [1.54, 1.807) is 0 Å². The van der Waals surface area contributed by atoms with Crippen molar-refractivity contribution in [3.05, 3.63) is 35.4 Å². The molecule has 0 aliphatic rings. The Labute approximate surface area is 88.4 Å². The van der Waals surface area contributed by atoms with Gasteiger partial charge in [-0.1, -0.05) is 41.5 Å². The van der Waals surface area contributed by atoms with Crippen LogP contribution in [0, 0.1) is 12.1 Å². The summed E-state index contributed by atoms with van der Waals surface area (Å²) >= 11 is 0. The summed E-state index contributed by atoms with van der Waals surface area (Å²) in [5.74, 6) is 0. The van der Waals surface area contributed by atoms with Crippen LogP contribution in [0.5, 0.6) is 0 Å². The Morgan fingerprint density at radius 2 is 1.14 bits per heavy atom. The summed E-state index contributed by atoms with van der Waals surface area (Å²) in [5.41, 5.74) is 2.81. The van der Waals surface area contributed by atoms with Gasteiger partial charge in [0.15, 0.2) is 0 Å². The van der Waals surface area contributed by atoms with Crippen LogP contribution in [-0.4, -0.2) is 0 Å². The molecule has 0 bridgehead atoms. The van der Waals surface area contributed by atoms with Crippen LogP contribution in [-0.2, 0) is 10.8 Å². The lowest BCUT2D eigenvalue weighted by Crippen LogP contribution is -2.16. The highest BCUT2D eigenvalue weighted by molar-refractivity contribution is 5.30. The first-order valence-electron chi connectivity index (χ1n) is 5.15. The predicted octanol–water partition coefficient (Wildman–Crippen LogP) is 3.88. The van der Waals surface area contributed by atoms with E-state index in [9.17, 15) is 0 Å². The van der Waals surface area contributed by atoms with Crippen LogP contribution in [0.1, 0.15) is 52.7 Å². The van der Waals surface area contributed by atoms with Gasteiger partial charge in [-0.15, -0.1) is 0 Å². The Bertz CT molecular complexity index is 278. The lowest BCUT2D eigenvalue weighted by molar-refractivity contribution is 0.566. The molecule has 0 N–H and O–H groups in total. The molecule has 76 valence electrons. The summed E-state index contributed by atoms with van der Waals surface area (Å²) in [5, 5.41) is 0. The quantitative estimate of drug-likeness (QED) is 0.579. The molecule has 0 heteroatoms. The summed E-state index contributed by atoms with van der Waals surface area (Å²) in [6.07, 6.45) is 0. The Morgan fingerprint density at radius 1 is 0.786 bits per heavy atom. The second kappa shape index (κ2) is 3.42. The fourth-order valence-electron chi connectivity index (χ4n) is 1.23. The average Bonchev–Trinajstić information content (AvgIpc) is 2.01. The molecule has 0 fully saturated rings. The van der Waals surface area contributed by atoms with Crippen molar-refractivity contribution in [1.29, 1.82) is 0 Å². The van der Waals surface area contributed by atoms with E-state index in [4.69, 9.17) is 0 Å². The van der Waals surface area contributed by atoms with Crippen LogP contribution in [0.3, 0.4) is 0 Å². The van der Waals surface area contributed by atoms with Crippen molar-refractivity contribution in [2.75, 3.05) is 0 Å². The average molecular weight is 188 g/mol. The van der Waals surface area contributed by atoms with Gasteiger partial charge in [0.25, 0.3) is 0 Å². The number of hydrogen-bond acceptors (Lipinski definition) is 0. The van der Waals surface area contributed by atoms with Gasteiger partial charge in [-0.3, -0.25) is 0 Å². The standard InChI is InChI=1S/C14H20/c1-13(2,3)11-8-7-9-12(10-11)14(4,5)6/h8-9H,1-6H3. The summed E-state index contributed by atoms with van der Waals surface area (Å²) in [6, 6.07) is 10.8. The number of benzene rings is 1. The lowest BCUT2D eigenvalue weighted by atomic mass is 9.81. The largest absolute Gasteiger partial charge is 0.0561 e. The van der Waals surface area contributed by atoms with E-state index < -0.39 is 0 Å². The highest BCUT2D eigenvalue weighted by Gasteiger charge is 2.18. The summed E-state index contributed by atoms with van der Waals surface area (Å²) < 4.78 is 0. The molecule has 0 heterocycles. The van der Waals surface area contributed by atoms with Gasteiger partial charge in [0.2, 0.25) is 0 Å². The molecule has 1 rings (SSSR count). The normalized spacial score (nSPS) is 13.0. The van der Waals surface area contributed by atoms with Crippen LogP contribution in [0.25, 0.3) is 0 Å². The molecule has 0 unspecified atom stereocenters. The monoisotopic (exact) mass is 188 g/mol. The maximum absolute atomic E-state index is 3.49. The molecule has 1 aromatic carbocycles. The Hall–Kier alpha value is -0.780. The van der Waals surface area contributed by atoms with Crippen molar-refractivity contribution < 1.29 is 0 Å². The summed E-state index contributed by atoms with van der Waals surface area (Å²) in [6.45, 7) is 13.2. The zero-order chi connectivity index (χ0) is 11.0. The summed E-state index contributed by atoms with van der Waals surface area (Å²) in [4.78, 5) is 0. The van der Waals surface area contributed by atoms with E-state index in [0.717, 1.165) is 0 Å². The maximum atomic E-state index is 3.49. The molecule has 2 radical (unpaired) electrons. The minimum Gasteiger partial charge on any atom is -0.0561 e. The van der Waals surface area contributed by atoms with Gasteiger partial charge in [-0.25, -0.2) is 0 Å². The van der Waals surface area contributed by atoms with Crippen molar-refractivity contribution in [3.63, 3.8) is 0 Å². The molecular formula is C14H20. The van der Waals surface area contributed by atoms with Crippen LogP contribution < -0.4 is 0 Å². The molecule has 0 aromatic heterocycles. The highest BCUT2D eigenvalue weighted by atomic mass is 14.2. The Balaban J connectivity index is 3.15. The van der Waals surface area contributed by atoms with E-state index in [0.29, 0.717) is 0 Å². The third-order valence-electron chi connectivity index (χ3n) is 2.34. The molecule has 0 aliphatic heterocycles. The first-order chi connectivity index (χ1) is 6.21. The number of rotatable bonds is 0. The fraction of sp³-hybridized carbons (Fsp3) is 0.571. The SMILES string of the molecule is CC(C)(C)c1[c]c(C(C)(C)C)c[c]c1. The molecule has 14 heavy (non-hydrogen) atoms. The summed E-state index contributed by atoms with van der Waals surface area (Å²) in [7, 11) is 0. The van der Waals surface area contributed by atoms with E-state index in [2.05, 4.69) is 53.7 Å².